The fourth-order valence-corrected chi connectivity index (χ4v) is 4.51. The molecule has 1 rings (SSSR count). The molecule has 0 aromatic heterocycles. The van der Waals surface area contributed by atoms with E-state index in [4.69, 9.17) is 0 Å². The van der Waals surface area contributed by atoms with Crippen LogP contribution in [0.5, 0.6) is 0 Å². The first-order valence-electron chi connectivity index (χ1n) is 5.41. The lowest BCUT2D eigenvalue weighted by atomic mass is 9.85. The van der Waals surface area contributed by atoms with E-state index >= 15 is 0 Å². The summed E-state index contributed by atoms with van der Waals surface area (Å²) >= 11 is 2.16. The Balaban J connectivity index is 2.76. The molecule has 0 amide bonds. The number of hydrogen-bond acceptors (Lipinski definition) is 1. The summed E-state index contributed by atoms with van der Waals surface area (Å²) in [5.41, 5.74) is 0.578. The topological polar surface area (TPSA) is 0 Å². The minimum absolute atomic E-state index is 0.578. The fourth-order valence-electron chi connectivity index (χ4n) is 2.52. The van der Waals surface area contributed by atoms with Crippen LogP contribution in [0.3, 0.4) is 0 Å². The highest BCUT2D eigenvalue weighted by Gasteiger charge is 2.55. The number of quaternary nitrogens is 1. The van der Waals surface area contributed by atoms with Gasteiger partial charge in [0.05, 0.1) is 32.1 Å². The Labute approximate surface area is 87.5 Å². The second kappa shape index (κ2) is 3.82. The lowest BCUT2D eigenvalue weighted by molar-refractivity contribution is -0.922. The molecule has 0 N–H and O–H groups in total. The second-order valence-electron chi connectivity index (χ2n) is 5.07. The summed E-state index contributed by atoms with van der Waals surface area (Å²) in [5, 5.41) is 0.896. The van der Waals surface area contributed by atoms with Gasteiger partial charge in [-0.15, -0.1) is 11.8 Å². The molecule has 1 saturated heterocycles. The van der Waals surface area contributed by atoms with Crippen LogP contribution in [-0.4, -0.2) is 42.2 Å². The first kappa shape index (κ1) is 11.4. The molecule has 0 saturated carbocycles. The van der Waals surface area contributed by atoms with E-state index in [-0.39, 0.29) is 0 Å². The molecular formula is C11H24NS+. The van der Waals surface area contributed by atoms with Crippen molar-refractivity contribution in [2.24, 2.45) is 0 Å². The van der Waals surface area contributed by atoms with Crippen molar-refractivity contribution in [2.75, 3.05) is 26.9 Å². The highest BCUT2D eigenvalue weighted by molar-refractivity contribution is 8.01. The maximum Gasteiger partial charge on any atom is 0.120 e. The van der Waals surface area contributed by atoms with Crippen molar-refractivity contribution in [1.29, 1.82) is 0 Å². The van der Waals surface area contributed by atoms with E-state index in [1.54, 1.807) is 0 Å². The van der Waals surface area contributed by atoms with Crippen molar-refractivity contribution in [3.05, 3.63) is 0 Å². The summed E-state index contributed by atoms with van der Waals surface area (Å²) in [6.07, 6.45) is 4.05. The van der Waals surface area contributed by atoms with E-state index in [1.165, 1.54) is 25.0 Å². The summed E-state index contributed by atoms with van der Waals surface area (Å²) in [6, 6.07) is 0. The van der Waals surface area contributed by atoms with Crippen LogP contribution in [-0.2, 0) is 0 Å². The zero-order valence-corrected chi connectivity index (χ0v) is 10.6. The minimum Gasteiger partial charge on any atom is -0.324 e. The molecule has 0 aromatic carbocycles. The molecule has 78 valence electrons. The molecule has 1 heterocycles. The molecule has 0 unspecified atom stereocenters. The van der Waals surface area contributed by atoms with Gasteiger partial charge in [-0.2, -0.15) is 0 Å². The molecule has 1 aliphatic heterocycles. The molecule has 2 atom stereocenters. The Morgan fingerprint density at radius 3 is 2.15 bits per heavy atom. The molecule has 1 fully saturated rings. The van der Waals surface area contributed by atoms with Crippen molar-refractivity contribution in [3.63, 3.8) is 0 Å². The third kappa shape index (κ3) is 1.75. The highest BCUT2D eigenvalue weighted by Crippen LogP contribution is 2.48. The molecule has 13 heavy (non-hydrogen) atoms. The maximum absolute atomic E-state index is 2.36. The van der Waals surface area contributed by atoms with Crippen LogP contribution in [0, 0.1) is 0 Å². The summed E-state index contributed by atoms with van der Waals surface area (Å²) in [5.74, 6) is 1.36. The molecule has 2 heteroatoms. The molecule has 1 aliphatic rings. The number of nitrogens with zero attached hydrogens (tertiary/aromatic N) is 1. The first-order chi connectivity index (χ1) is 5.98. The Kier molecular flexibility index (Phi) is 3.34. The average molecular weight is 202 g/mol. The molecule has 0 spiro atoms. The van der Waals surface area contributed by atoms with Crippen LogP contribution in [0.15, 0.2) is 0 Å². The lowest BCUT2D eigenvalue weighted by Crippen LogP contribution is -2.69. The van der Waals surface area contributed by atoms with E-state index in [0.29, 0.717) is 5.54 Å². The summed E-state index contributed by atoms with van der Waals surface area (Å²) in [4.78, 5) is 0. The second-order valence-corrected chi connectivity index (χ2v) is 6.26. The quantitative estimate of drug-likeness (QED) is 0.632. The summed E-state index contributed by atoms with van der Waals surface area (Å²) in [6.45, 7) is 4.64. The predicted octanol–water partition coefficient (Wildman–Crippen LogP) is 2.76. The number of hydrogen-bond donors (Lipinski definition) is 0. The van der Waals surface area contributed by atoms with Gasteiger partial charge in [0.15, 0.2) is 0 Å². The van der Waals surface area contributed by atoms with Gasteiger partial charge in [-0.05, 0) is 6.42 Å². The highest BCUT2D eigenvalue weighted by atomic mass is 32.2. The number of thioether (sulfide) groups is 1. The summed E-state index contributed by atoms with van der Waals surface area (Å²) in [7, 11) is 7.08. The van der Waals surface area contributed by atoms with Gasteiger partial charge >= 0.3 is 0 Å². The van der Waals surface area contributed by atoms with Crippen LogP contribution in [0.1, 0.15) is 33.1 Å². The Hall–Kier alpha value is 0.310. The van der Waals surface area contributed by atoms with Gasteiger partial charge in [0, 0.05) is 6.42 Å². The van der Waals surface area contributed by atoms with Crippen molar-refractivity contribution in [2.45, 2.75) is 43.9 Å². The van der Waals surface area contributed by atoms with Gasteiger partial charge in [0.25, 0.3) is 0 Å². The third-order valence-corrected chi connectivity index (χ3v) is 5.36. The third-order valence-electron chi connectivity index (χ3n) is 3.52. The monoisotopic (exact) mass is 202 g/mol. The average Bonchev–Trinajstić information content (AvgIpc) is 1.96. The zero-order valence-electron chi connectivity index (χ0n) is 9.76. The lowest BCUT2D eigenvalue weighted by Gasteiger charge is -2.56. The van der Waals surface area contributed by atoms with Gasteiger partial charge in [0.2, 0.25) is 0 Å². The Morgan fingerprint density at radius 1 is 1.31 bits per heavy atom. The van der Waals surface area contributed by atoms with Crippen molar-refractivity contribution < 1.29 is 4.48 Å². The Morgan fingerprint density at radius 2 is 1.92 bits per heavy atom. The van der Waals surface area contributed by atoms with Crippen molar-refractivity contribution >= 4 is 11.8 Å². The van der Waals surface area contributed by atoms with Gasteiger partial charge < -0.3 is 4.48 Å². The normalized spacial score (nSPS) is 34.4. The standard InChI is InChI=1S/C11H24NS/c1-6-8-11(12(3,4)5)9-13-10(11)7-2/h10H,6-9H2,1-5H3/q+1/t10-,11-/m0/s1. The van der Waals surface area contributed by atoms with Gasteiger partial charge in [-0.1, -0.05) is 20.3 Å². The van der Waals surface area contributed by atoms with Gasteiger partial charge in [0.1, 0.15) is 5.54 Å². The minimum atomic E-state index is 0.578. The SMILES string of the molecule is CCC[C@]1([N+](C)(C)C)CS[C@H]1CC. The van der Waals surface area contributed by atoms with E-state index < -0.39 is 0 Å². The molecule has 0 aromatic rings. The summed E-state index contributed by atoms with van der Waals surface area (Å²) < 4.78 is 1.15. The largest absolute Gasteiger partial charge is 0.324 e. The number of rotatable bonds is 4. The first-order valence-corrected chi connectivity index (χ1v) is 6.46. The van der Waals surface area contributed by atoms with Crippen LogP contribution in [0.2, 0.25) is 0 Å². The zero-order chi connectivity index (χ0) is 10.1. The van der Waals surface area contributed by atoms with E-state index in [0.717, 1.165) is 9.73 Å². The molecule has 1 nitrogen and oxygen atoms in total. The van der Waals surface area contributed by atoms with E-state index in [9.17, 15) is 0 Å². The molecule has 0 aliphatic carbocycles. The fraction of sp³-hybridized carbons (Fsp3) is 1.00. The van der Waals surface area contributed by atoms with Crippen molar-refractivity contribution in [1.82, 2.24) is 0 Å². The van der Waals surface area contributed by atoms with Gasteiger partial charge in [-0.3, -0.25) is 0 Å². The van der Waals surface area contributed by atoms with Crippen molar-refractivity contribution in [3.8, 4) is 0 Å². The van der Waals surface area contributed by atoms with E-state index in [1.807, 2.05) is 0 Å². The van der Waals surface area contributed by atoms with Gasteiger partial charge in [-0.25, -0.2) is 0 Å². The smallest absolute Gasteiger partial charge is 0.120 e. The van der Waals surface area contributed by atoms with Crippen LogP contribution in [0.4, 0.5) is 0 Å². The van der Waals surface area contributed by atoms with E-state index in [2.05, 4.69) is 46.8 Å². The maximum atomic E-state index is 2.36. The predicted molar refractivity (Wildman–Crippen MR) is 62.2 cm³/mol. The molecular weight excluding hydrogens is 178 g/mol. The van der Waals surface area contributed by atoms with Crippen LogP contribution >= 0.6 is 11.8 Å². The van der Waals surface area contributed by atoms with Crippen LogP contribution < -0.4 is 0 Å². The molecule has 0 radical (unpaired) electrons. The van der Waals surface area contributed by atoms with Crippen LogP contribution in [0.25, 0.3) is 0 Å². The molecule has 0 bridgehead atoms. The Bertz CT molecular complexity index is 171.